The Morgan fingerprint density at radius 2 is 1.57 bits per heavy atom. The van der Waals surface area contributed by atoms with Gasteiger partial charge in [0.05, 0.1) is 0 Å². The van der Waals surface area contributed by atoms with Crippen LogP contribution in [0, 0.1) is 0 Å². The maximum Gasteiger partial charge on any atom is 0.261 e. The third kappa shape index (κ3) is 3.37. The molecule has 0 spiro atoms. The molecule has 0 bridgehead atoms. The van der Waals surface area contributed by atoms with Gasteiger partial charge < -0.3 is 10.3 Å². The van der Waals surface area contributed by atoms with Gasteiger partial charge in [-0.1, -0.05) is 60.7 Å². The number of H-pyrrole nitrogens is 1. The lowest BCUT2D eigenvalue weighted by atomic mass is 10.0. The lowest BCUT2D eigenvalue weighted by molar-refractivity contribution is 0.0950. The van der Waals surface area contributed by atoms with E-state index in [2.05, 4.69) is 10.3 Å². The van der Waals surface area contributed by atoms with E-state index in [-0.39, 0.29) is 11.5 Å². The quantitative estimate of drug-likeness (QED) is 0.778. The molecule has 114 valence electrons. The first-order valence-electron chi connectivity index (χ1n) is 7.35. The fourth-order valence-electron chi connectivity index (χ4n) is 2.43. The smallest absolute Gasteiger partial charge is 0.261 e. The number of carbonyl (C=O) groups excluding carboxylic acids is 1. The fourth-order valence-corrected chi connectivity index (χ4v) is 2.43. The van der Waals surface area contributed by atoms with Crippen LogP contribution in [0.15, 0.2) is 77.7 Å². The van der Waals surface area contributed by atoms with Gasteiger partial charge in [-0.15, -0.1) is 0 Å². The average Bonchev–Trinajstić information content (AvgIpc) is 2.61. The van der Waals surface area contributed by atoms with E-state index in [1.54, 1.807) is 12.3 Å². The van der Waals surface area contributed by atoms with Crippen LogP contribution in [0.1, 0.15) is 15.9 Å². The van der Waals surface area contributed by atoms with Crippen LogP contribution in [0.25, 0.3) is 11.1 Å². The molecular weight excluding hydrogens is 288 g/mol. The summed E-state index contributed by atoms with van der Waals surface area (Å²) >= 11 is 0. The van der Waals surface area contributed by atoms with E-state index in [1.165, 1.54) is 0 Å². The number of aromatic nitrogens is 1. The van der Waals surface area contributed by atoms with Crippen LogP contribution in [-0.4, -0.2) is 10.9 Å². The molecule has 1 aromatic heterocycles. The summed E-state index contributed by atoms with van der Waals surface area (Å²) < 4.78 is 0. The second-order valence-electron chi connectivity index (χ2n) is 5.13. The Kier molecular flexibility index (Phi) is 4.34. The Bertz CT molecular complexity index is 855. The fraction of sp³-hybridized carbons (Fsp3) is 0.0526. The molecule has 1 heterocycles. The normalized spacial score (nSPS) is 10.3. The van der Waals surface area contributed by atoms with Crippen molar-refractivity contribution in [2.75, 3.05) is 0 Å². The van der Waals surface area contributed by atoms with Gasteiger partial charge in [0.25, 0.3) is 11.5 Å². The van der Waals surface area contributed by atoms with Gasteiger partial charge in [-0.05, 0) is 17.2 Å². The SMILES string of the molecule is O=C(NCc1ccccc1)c1c(-c2ccccc2)cc[nH]c1=O. The predicted molar refractivity (Wildman–Crippen MR) is 90.1 cm³/mol. The number of hydrogen-bond donors (Lipinski definition) is 2. The van der Waals surface area contributed by atoms with Gasteiger partial charge in [-0.2, -0.15) is 0 Å². The lowest BCUT2D eigenvalue weighted by Gasteiger charge is -2.09. The van der Waals surface area contributed by atoms with E-state index in [4.69, 9.17) is 0 Å². The number of benzene rings is 2. The van der Waals surface area contributed by atoms with E-state index in [0.717, 1.165) is 11.1 Å². The van der Waals surface area contributed by atoms with Crippen LogP contribution in [0.5, 0.6) is 0 Å². The van der Waals surface area contributed by atoms with Crippen molar-refractivity contribution in [2.24, 2.45) is 0 Å². The Balaban J connectivity index is 1.90. The number of amides is 1. The second kappa shape index (κ2) is 6.75. The highest BCUT2D eigenvalue weighted by atomic mass is 16.2. The Hall–Kier alpha value is -3.14. The van der Waals surface area contributed by atoms with E-state index in [0.29, 0.717) is 12.1 Å². The molecule has 0 unspecified atom stereocenters. The summed E-state index contributed by atoms with van der Waals surface area (Å²) in [5, 5.41) is 2.81. The van der Waals surface area contributed by atoms with Crippen molar-refractivity contribution >= 4 is 5.91 Å². The molecule has 0 aliphatic carbocycles. The summed E-state index contributed by atoms with van der Waals surface area (Å²) in [6.45, 7) is 0.377. The highest BCUT2D eigenvalue weighted by Gasteiger charge is 2.16. The van der Waals surface area contributed by atoms with Crippen molar-refractivity contribution < 1.29 is 4.79 Å². The van der Waals surface area contributed by atoms with E-state index < -0.39 is 5.56 Å². The summed E-state index contributed by atoms with van der Waals surface area (Å²) in [5.41, 5.74) is 2.18. The third-order valence-electron chi connectivity index (χ3n) is 3.57. The summed E-state index contributed by atoms with van der Waals surface area (Å²) in [6, 6.07) is 20.7. The van der Waals surface area contributed by atoms with Gasteiger partial charge >= 0.3 is 0 Å². The minimum absolute atomic E-state index is 0.134. The molecular formula is C19H16N2O2. The largest absolute Gasteiger partial charge is 0.348 e. The van der Waals surface area contributed by atoms with Crippen molar-refractivity contribution in [3.63, 3.8) is 0 Å². The van der Waals surface area contributed by atoms with Crippen LogP contribution < -0.4 is 10.9 Å². The molecule has 0 fully saturated rings. The second-order valence-corrected chi connectivity index (χ2v) is 5.13. The molecule has 0 atom stereocenters. The van der Waals surface area contributed by atoms with Gasteiger partial charge in [0.15, 0.2) is 0 Å². The van der Waals surface area contributed by atoms with Crippen molar-refractivity contribution in [1.29, 1.82) is 0 Å². The monoisotopic (exact) mass is 304 g/mol. The zero-order valence-electron chi connectivity index (χ0n) is 12.5. The van der Waals surface area contributed by atoms with E-state index in [9.17, 15) is 9.59 Å². The minimum atomic E-state index is -0.392. The lowest BCUT2D eigenvalue weighted by Crippen LogP contribution is -2.30. The number of aromatic amines is 1. The topological polar surface area (TPSA) is 62.0 Å². The number of rotatable bonds is 4. The Morgan fingerprint density at radius 1 is 0.913 bits per heavy atom. The molecule has 3 aromatic rings. The minimum Gasteiger partial charge on any atom is -0.348 e. The summed E-state index contributed by atoms with van der Waals surface area (Å²) in [6.07, 6.45) is 1.55. The predicted octanol–water partition coefficient (Wildman–Crippen LogP) is 2.97. The molecule has 0 radical (unpaired) electrons. The number of nitrogens with one attached hydrogen (secondary N) is 2. The van der Waals surface area contributed by atoms with Crippen molar-refractivity contribution in [3.8, 4) is 11.1 Å². The van der Waals surface area contributed by atoms with Crippen molar-refractivity contribution in [1.82, 2.24) is 10.3 Å². The first kappa shape index (κ1) is 14.8. The molecule has 3 rings (SSSR count). The number of hydrogen-bond acceptors (Lipinski definition) is 2. The van der Waals surface area contributed by atoms with E-state index >= 15 is 0 Å². The van der Waals surface area contributed by atoms with Crippen LogP contribution in [0.3, 0.4) is 0 Å². The standard InChI is InChI=1S/C19H16N2O2/c22-18-17(19(23)21-13-14-7-3-1-4-8-14)16(11-12-20-18)15-9-5-2-6-10-15/h1-12H,13H2,(H,20,22)(H,21,23). The maximum atomic E-state index is 12.5. The van der Waals surface area contributed by atoms with Crippen LogP contribution in [0.2, 0.25) is 0 Å². The Morgan fingerprint density at radius 3 is 2.26 bits per heavy atom. The van der Waals surface area contributed by atoms with Gasteiger partial charge in [0.2, 0.25) is 0 Å². The first-order chi connectivity index (χ1) is 11.3. The average molecular weight is 304 g/mol. The molecule has 2 aromatic carbocycles. The molecule has 4 nitrogen and oxygen atoms in total. The van der Waals surface area contributed by atoms with Crippen molar-refractivity contribution in [2.45, 2.75) is 6.54 Å². The van der Waals surface area contributed by atoms with Gasteiger partial charge in [0, 0.05) is 18.3 Å². The summed E-state index contributed by atoms with van der Waals surface area (Å²) in [7, 11) is 0. The first-order valence-corrected chi connectivity index (χ1v) is 7.35. The number of carbonyl (C=O) groups is 1. The zero-order chi connectivity index (χ0) is 16.1. The maximum absolute atomic E-state index is 12.5. The van der Waals surface area contributed by atoms with Gasteiger partial charge in [-0.3, -0.25) is 9.59 Å². The van der Waals surface area contributed by atoms with Crippen molar-refractivity contribution in [3.05, 3.63) is 94.4 Å². The van der Waals surface area contributed by atoms with Crippen LogP contribution >= 0.6 is 0 Å². The third-order valence-corrected chi connectivity index (χ3v) is 3.57. The molecule has 0 aliphatic heterocycles. The van der Waals surface area contributed by atoms with Crippen LogP contribution in [0.4, 0.5) is 0 Å². The molecule has 0 aliphatic rings. The molecule has 1 amide bonds. The highest BCUT2D eigenvalue weighted by Crippen LogP contribution is 2.20. The molecule has 4 heteroatoms. The summed E-state index contributed by atoms with van der Waals surface area (Å²) in [5.74, 6) is -0.380. The van der Waals surface area contributed by atoms with Gasteiger partial charge in [-0.25, -0.2) is 0 Å². The van der Waals surface area contributed by atoms with E-state index in [1.807, 2.05) is 60.7 Å². The number of pyridine rings is 1. The molecule has 2 N–H and O–H groups in total. The van der Waals surface area contributed by atoms with Gasteiger partial charge in [0.1, 0.15) is 5.56 Å². The molecule has 0 saturated heterocycles. The zero-order valence-corrected chi connectivity index (χ0v) is 12.5. The molecule has 23 heavy (non-hydrogen) atoms. The summed E-state index contributed by atoms with van der Waals surface area (Å²) in [4.78, 5) is 27.2. The van der Waals surface area contributed by atoms with Crippen LogP contribution in [-0.2, 0) is 6.54 Å². The highest BCUT2D eigenvalue weighted by molar-refractivity contribution is 6.00. The molecule has 0 saturated carbocycles. The Labute approximate surface area is 133 Å².